The lowest BCUT2D eigenvalue weighted by molar-refractivity contribution is -0.144. The standard InChI is InChI=1S/C50H60N12O6S/c1-7-37-42-36(23-51)55-27-61(42)39-25-54-49(59-45(39)62(37)33-11-8-9-12-33)57-35-19-18-32(21-40(35)68-6)46(65)52-20-10-13-41(64)58-44(50(3,4)5)48(67)60-26-34(63)22-38(60)47(66)53-24-30-14-16-31(17-15-30)43-29(2)56-28-69-43/h14-19,21,25,27-28,33-34,37-38,44,63H,7-13,20,22,24,26H2,1-6H3,(H,52,65)(H,53,66)(H,58,64)(H,54,57,59)/t34-,37-,38+,44-/m1/s1. The zero-order valence-corrected chi connectivity index (χ0v) is 40.7. The molecule has 362 valence electrons. The number of amides is 4. The van der Waals surface area contributed by atoms with Crippen molar-refractivity contribution in [2.24, 2.45) is 5.41 Å². The van der Waals surface area contributed by atoms with E-state index in [0.29, 0.717) is 35.1 Å². The molecule has 5 N–H and O–H groups in total. The molecule has 4 atom stereocenters. The first-order chi connectivity index (χ1) is 33.2. The Labute approximate surface area is 405 Å². The maximum atomic E-state index is 14.1. The number of likely N-dealkylation sites (tertiary alicyclic amines) is 1. The van der Waals surface area contributed by atoms with Gasteiger partial charge in [-0.05, 0) is 67.3 Å². The number of nitriles is 1. The summed E-state index contributed by atoms with van der Waals surface area (Å²) in [5.41, 5.74) is 6.90. The number of nitrogens with zero attached hydrogens (tertiary/aromatic N) is 8. The second kappa shape index (κ2) is 20.8. The number of ether oxygens (including phenoxy) is 1. The molecule has 0 radical (unpaired) electrons. The van der Waals surface area contributed by atoms with Gasteiger partial charge in [0.1, 0.15) is 35.9 Å². The van der Waals surface area contributed by atoms with Gasteiger partial charge in [0.2, 0.25) is 23.7 Å². The summed E-state index contributed by atoms with van der Waals surface area (Å²) >= 11 is 1.57. The molecule has 1 saturated heterocycles. The topological polar surface area (TPSA) is 233 Å². The van der Waals surface area contributed by atoms with Crippen LogP contribution in [-0.4, -0.2) is 103 Å². The molecular formula is C50H60N12O6S. The van der Waals surface area contributed by atoms with Gasteiger partial charge < -0.3 is 40.9 Å². The SMILES string of the molecule is CC[C@@H]1c2c(C#N)ncn2-c2cnc(Nc3ccc(C(=O)NCCCC(=O)N[C@H](C(=O)N4C[C@H](O)C[C@H]4C(=O)NCc4ccc(-c5scnc5C)cc4)C(C)(C)C)cc3OC)nc2N1C1CCCC1. The van der Waals surface area contributed by atoms with Gasteiger partial charge in [0, 0.05) is 44.1 Å². The van der Waals surface area contributed by atoms with Gasteiger partial charge in [-0.1, -0.05) is 64.8 Å². The summed E-state index contributed by atoms with van der Waals surface area (Å²) < 4.78 is 7.62. The van der Waals surface area contributed by atoms with Gasteiger partial charge >= 0.3 is 0 Å². The number of hydrogen-bond donors (Lipinski definition) is 5. The van der Waals surface area contributed by atoms with Crippen molar-refractivity contribution in [3.8, 4) is 27.9 Å². The third-order valence-corrected chi connectivity index (χ3v) is 14.2. The lowest BCUT2D eigenvalue weighted by Gasteiger charge is -2.41. The first kappa shape index (κ1) is 48.5. The molecule has 3 aliphatic rings. The minimum absolute atomic E-state index is 0.0276. The van der Waals surface area contributed by atoms with Crippen molar-refractivity contribution in [1.29, 1.82) is 5.26 Å². The average Bonchev–Trinajstić information content (AvgIpc) is 4.19. The summed E-state index contributed by atoms with van der Waals surface area (Å²) in [4.78, 5) is 77.5. The van der Waals surface area contributed by atoms with Crippen LogP contribution in [0.1, 0.15) is 118 Å². The molecule has 5 aromatic rings. The van der Waals surface area contributed by atoms with Crippen molar-refractivity contribution >= 4 is 52.4 Å². The Morgan fingerprint density at radius 2 is 1.81 bits per heavy atom. The van der Waals surface area contributed by atoms with Gasteiger partial charge in [0.25, 0.3) is 5.91 Å². The van der Waals surface area contributed by atoms with Crippen LogP contribution in [0.3, 0.4) is 0 Å². The number of imidazole rings is 1. The summed E-state index contributed by atoms with van der Waals surface area (Å²) in [5.74, 6) is -0.0685. The van der Waals surface area contributed by atoms with E-state index >= 15 is 0 Å². The third kappa shape index (κ3) is 10.4. The highest BCUT2D eigenvalue weighted by Gasteiger charge is 2.45. The fourth-order valence-corrected chi connectivity index (χ4v) is 10.5. The third-order valence-electron chi connectivity index (χ3n) is 13.2. The molecule has 2 aromatic carbocycles. The van der Waals surface area contributed by atoms with Gasteiger partial charge in [0.15, 0.2) is 11.5 Å². The molecule has 0 unspecified atom stereocenters. The number of β-amino-alcohol motifs (C(OH)–C–C–N with tert-alkyl or cyclic N) is 1. The van der Waals surface area contributed by atoms with E-state index in [0.717, 1.165) is 71.0 Å². The molecule has 3 aromatic heterocycles. The number of rotatable bonds is 16. The fraction of sp³-hybridized carbons (Fsp3) is 0.460. The van der Waals surface area contributed by atoms with Gasteiger partial charge in [-0.15, -0.1) is 11.3 Å². The zero-order valence-electron chi connectivity index (χ0n) is 39.9. The second-order valence-electron chi connectivity index (χ2n) is 19.0. The molecule has 1 aliphatic carbocycles. The molecular weight excluding hydrogens is 897 g/mol. The monoisotopic (exact) mass is 956 g/mol. The van der Waals surface area contributed by atoms with Crippen molar-refractivity contribution in [2.45, 2.75) is 123 Å². The fourth-order valence-electron chi connectivity index (χ4n) is 9.64. The predicted octanol–water partition coefficient (Wildman–Crippen LogP) is 6.25. The number of fused-ring (bicyclic) bond motifs is 3. The molecule has 5 heterocycles. The Bertz CT molecular complexity index is 2740. The summed E-state index contributed by atoms with van der Waals surface area (Å²) in [6.07, 6.45) is 8.01. The number of anilines is 3. The first-order valence-electron chi connectivity index (χ1n) is 23.6. The van der Waals surface area contributed by atoms with E-state index in [1.165, 1.54) is 12.0 Å². The largest absolute Gasteiger partial charge is 0.495 e. The summed E-state index contributed by atoms with van der Waals surface area (Å²) in [6, 6.07) is 13.4. The van der Waals surface area contributed by atoms with E-state index in [-0.39, 0.29) is 62.3 Å². The van der Waals surface area contributed by atoms with Gasteiger partial charge in [-0.2, -0.15) is 10.2 Å². The predicted molar refractivity (Wildman–Crippen MR) is 261 cm³/mol. The number of methoxy groups -OCH3 is 1. The highest BCUT2D eigenvalue weighted by atomic mass is 32.1. The van der Waals surface area contributed by atoms with Gasteiger partial charge in [-0.25, -0.2) is 15.0 Å². The number of carbonyl (C=O) groups is 4. The van der Waals surface area contributed by atoms with Crippen LogP contribution in [0.2, 0.25) is 0 Å². The van der Waals surface area contributed by atoms with Crippen LogP contribution in [0.25, 0.3) is 16.1 Å². The number of thiazole rings is 1. The van der Waals surface area contributed by atoms with E-state index < -0.39 is 29.5 Å². The van der Waals surface area contributed by atoms with E-state index in [2.05, 4.69) is 54.1 Å². The molecule has 19 heteroatoms. The average molecular weight is 957 g/mol. The maximum absolute atomic E-state index is 14.1. The number of carbonyl (C=O) groups excluding carboxylic acids is 4. The highest BCUT2D eigenvalue weighted by molar-refractivity contribution is 7.13. The maximum Gasteiger partial charge on any atom is 0.251 e. The lowest BCUT2D eigenvalue weighted by atomic mass is 9.85. The number of aromatic nitrogens is 5. The van der Waals surface area contributed by atoms with Gasteiger partial charge in [-0.3, -0.25) is 23.7 Å². The van der Waals surface area contributed by atoms with Crippen molar-refractivity contribution in [1.82, 2.24) is 45.4 Å². The number of aryl methyl sites for hydroxylation is 1. The van der Waals surface area contributed by atoms with Crippen LogP contribution in [0.4, 0.5) is 17.5 Å². The molecule has 1 saturated carbocycles. The molecule has 4 amide bonds. The Morgan fingerprint density at radius 3 is 2.49 bits per heavy atom. The van der Waals surface area contributed by atoms with E-state index in [9.17, 15) is 29.5 Å². The Kier molecular flexibility index (Phi) is 14.6. The molecule has 69 heavy (non-hydrogen) atoms. The Balaban J connectivity index is 0.848. The molecule has 0 bridgehead atoms. The Hall–Kier alpha value is -6.91. The minimum Gasteiger partial charge on any atom is -0.495 e. The summed E-state index contributed by atoms with van der Waals surface area (Å²) in [5, 5.41) is 32.5. The Morgan fingerprint density at radius 1 is 1.04 bits per heavy atom. The van der Waals surface area contributed by atoms with Crippen LogP contribution >= 0.6 is 11.3 Å². The van der Waals surface area contributed by atoms with Gasteiger partial charge in [0.05, 0.1) is 52.9 Å². The number of aliphatic hydroxyl groups excluding tert-OH is 1. The molecule has 2 aliphatic heterocycles. The zero-order chi connectivity index (χ0) is 49.0. The number of nitrogens with one attached hydrogen (secondary N) is 4. The number of hydrogen-bond acceptors (Lipinski definition) is 14. The normalized spacial score (nSPS) is 18.2. The van der Waals surface area contributed by atoms with Crippen LogP contribution in [0.15, 0.2) is 60.5 Å². The van der Waals surface area contributed by atoms with Crippen LogP contribution in [0, 0.1) is 23.7 Å². The van der Waals surface area contributed by atoms with Crippen molar-refractivity contribution in [3.05, 3.63) is 88.7 Å². The number of aliphatic hydroxyl groups is 1. The van der Waals surface area contributed by atoms with E-state index in [4.69, 9.17) is 9.72 Å². The minimum atomic E-state index is -0.976. The van der Waals surface area contributed by atoms with Crippen LogP contribution in [0.5, 0.6) is 5.75 Å². The summed E-state index contributed by atoms with van der Waals surface area (Å²) in [6.45, 7) is 9.97. The van der Waals surface area contributed by atoms with Crippen molar-refractivity contribution in [2.75, 3.05) is 30.4 Å². The lowest BCUT2D eigenvalue weighted by Crippen LogP contribution is -2.57. The number of benzene rings is 2. The van der Waals surface area contributed by atoms with Crippen LogP contribution < -0.4 is 30.9 Å². The summed E-state index contributed by atoms with van der Waals surface area (Å²) in [7, 11) is 1.51. The van der Waals surface area contributed by atoms with Crippen molar-refractivity contribution in [3.63, 3.8) is 0 Å². The molecule has 2 fully saturated rings. The molecule has 0 spiro atoms. The van der Waals surface area contributed by atoms with E-state index in [1.54, 1.807) is 42.1 Å². The van der Waals surface area contributed by atoms with E-state index in [1.807, 2.05) is 62.0 Å². The van der Waals surface area contributed by atoms with Crippen molar-refractivity contribution < 1.29 is 29.0 Å². The molecule has 18 nitrogen and oxygen atoms in total. The smallest absolute Gasteiger partial charge is 0.251 e. The second-order valence-corrected chi connectivity index (χ2v) is 19.8. The molecule has 8 rings (SSSR count). The highest BCUT2D eigenvalue weighted by Crippen LogP contribution is 2.45. The quantitative estimate of drug-likeness (QED) is 0.0690. The first-order valence-corrected chi connectivity index (χ1v) is 24.5. The van der Waals surface area contributed by atoms with Crippen LogP contribution in [-0.2, 0) is 20.9 Å².